The Morgan fingerprint density at radius 2 is 0.882 bits per heavy atom. The van der Waals surface area contributed by atoms with Crippen LogP contribution in [0.3, 0.4) is 0 Å². The predicted octanol–water partition coefficient (Wildman–Crippen LogP) is 10.4. The second-order valence-corrected chi connectivity index (χ2v) is 12.2. The van der Waals surface area contributed by atoms with Crippen LogP contribution in [0.5, 0.6) is 0 Å². The zero-order chi connectivity index (χ0) is 35.4. The van der Waals surface area contributed by atoms with Crippen molar-refractivity contribution in [2.75, 3.05) is 0 Å². The van der Waals surface area contributed by atoms with Gasteiger partial charge in [-0.05, 0) is 114 Å². The monoisotopic (exact) mass is 648 g/mol. The number of fused-ring (bicyclic) bond motifs is 6. The highest BCUT2D eigenvalue weighted by Gasteiger charge is 2.24. The molecule has 0 amide bonds. The van der Waals surface area contributed by atoms with Crippen molar-refractivity contribution in [3.05, 3.63) is 154 Å². The first-order valence-electron chi connectivity index (χ1n) is 15.7. The summed E-state index contributed by atoms with van der Waals surface area (Å²) in [6.07, 6.45) is 0. The molecule has 0 aliphatic rings. The van der Waals surface area contributed by atoms with E-state index in [0.717, 1.165) is 60.3 Å². The highest BCUT2D eigenvalue weighted by atomic mass is 15.0. The predicted molar refractivity (Wildman–Crippen MR) is 197 cm³/mol. The minimum atomic E-state index is 0.375. The van der Waals surface area contributed by atoms with E-state index in [1.165, 1.54) is 0 Å². The van der Waals surface area contributed by atoms with E-state index in [0.29, 0.717) is 45.0 Å². The first-order valence-corrected chi connectivity index (χ1v) is 15.7. The summed E-state index contributed by atoms with van der Waals surface area (Å²) < 4.78 is 4.10. The molecule has 8 heteroatoms. The maximum atomic E-state index is 10.5. The lowest BCUT2D eigenvalue weighted by Gasteiger charge is -2.21. The number of hydrogen-bond acceptors (Lipinski definition) is 4. The number of aryl methyl sites for hydroxylation is 1. The number of rotatable bonds is 3. The topological polar surface area (TPSA) is 114 Å². The molecule has 51 heavy (non-hydrogen) atoms. The van der Waals surface area contributed by atoms with E-state index in [-0.39, 0.29) is 0 Å². The largest absolute Gasteiger partial charge is 0.309 e. The van der Waals surface area contributed by atoms with Crippen LogP contribution < -0.4 is 0 Å². The fourth-order valence-corrected chi connectivity index (χ4v) is 7.14. The molecule has 2 heterocycles. The average molecular weight is 649 g/mol. The molecule has 0 atom stereocenters. The lowest BCUT2D eigenvalue weighted by atomic mass is 9.95. The van der Waals surface area contributed by atoms with Crippen molar-refractivity contribution in [2.45, 2.75) is 6.92 Å². The van der Waals surface area contributed by atoms with Crippen LogP contribution in [0.25, 0.3) is 75.8 Å². The molecule has 2 aromatic heterocycles. The molecule has 0 N–H and O–H groups in total. The molecule has 0 spiro atoms. The van der Waals surface area contributed by atoms with Gasteiger partial charge in [-0.3, -0.25) is 0 Å². The summed E-state index contributed by atoms with van der Waals surface area (Å²) in [6.45, 7) is 17.3. The molecule has 8 nitrogen and oxygen atoms in total. The molecule has 8 rings (SSSR count). The lowest BCUT2D eigenvalue weighted by Crippen LogP contribution is -2.05. The third kappa shape index (κ3) is 4.63. The van der Waals surface area contributed by atoms with Gasteiger partial charge >= 0.3 is 0 Å². The van der Waals surface area contributed by atoms with Crippen LogP contribution in [-0.4, -0.2) is 9.13 Å². The fraction of sp³-hybridized carbons (Fsp3) is 0.0233. The van der Waals surface area contributed by atoms with Crippen LogP contribution in [0.4, 0.5) is 11.4 Å². The standard InChI is InChI=1S/C43H20N8/c1-25-12-28(23-46)14-30(13-25)43-41(50-37-8-4-26(21-44)15-33(37)34-16-27(22-45)5-9-38(34)50)17-29(24-47)18-42(43)51-39-10-6-31(48-2)19-35(39)36-20-32(49-3)7-11-40(36)51/h4-20H,1H3. The molecule has 0 bridgehead atoms. The summed E-state index contributed by atoms with van der Waals surface area (Å²) in [4.78, 5) is 7.33. The lowest BCUT2D eigenvalue weighted by molar-refractivity contribution is 1.13. The van der Waals surface area contributed by atoms with Gasteiger partial charge in [0.25, 0.3) is 0 Å². The normalized spacial score (nSPS) is 10.7. The first-order chi connectivity index (χ1) is 24.9. The molecule has 8 aromatic rings. The van der Waals surface area contributed by atoms with Gasteiger partial charge in [0.15, 0.2) is 11.4 Å². The Labute approximate surface area is 291 Å². The van der Waals surface area contributed by atoms with Crippen molar-refractivity contribution >= 4 is 55.0 Å². The second-order valence-electron chi connectivity index (χ2n) is 12.2. The van der Waals surface area contributed by atoms with Crippen molar-refractivity contribution in [1.82, 2.24) is 9.13 Å². The zero-order valence-corrected chi connectivity index (χ0v) is 26.9. The average Bonchev–Trinajstić information content (AvgIpc) is 3.67. The van der Waals surface area contributed by atoms with E-state index in [9.17, 15) is 21.0 Å². The van der Waals surface area contributed by atoms with Gasteiger partial charge in [-0.25, -0.2) is 9.69 Å². The molecule has 0 aliphatic heterocycles. The fourth-order valence-electron chi connectivity index (χ4n) is 7.14. The third-order valence-electron chi connectivity index (χ3n) is 9.22. The van der Waals surface area contributed by atoms with Gasteiger partial charge in [0, 0.05) is 16.3 Å². The van der Waals surface area contributed by atoms with Crippen LogP contribution in [-0.2, 0) is 0 Å². The van der Waals surface area contributed by atoms with Crippen molar-refractivity contribution in [1.29, 1.82) is 21.0 Å². The van der Waals surface area contributed by atoms with E-state index in [2.05, 4.69) is 38.5 Å². The molecular weight excluding hydrogens is 629 g/mol. The van der Waals surface area contributed by atoms with Gasteiger partial charge < -0.3 is 9.13 Å². The SMILES string of the molecule is [C-]#[N+]c1ccc2c(c1)c1cc([N+]#[C-])ccc1n2-c1cc(C#N)cc(-n2c3ccc(C#N)cc3c3cc(C#N)ccc32)c1-c1cc(C)cc(C#N)c1. The van der Waals surface area contributed by atoms with Crippen molar-refractivity contribution in [2.24, 2.45) is 0 Å². The maximum Gasteiger partial charge on any atom is 0.188 e. The highest BCUT2D eigenvalue weighted by molar-refractivity contribution is 6.13. The molecular formula is C43H20N8. The van der Waals surface area contributed by atoms with Crippen LogP contribution >= 0.6 is 0 Å². The van der Waals surface area contributed by atoms with Gasteiger partial charge in [0.2, 0.25) is 0 Å². The molecule has 0 saturated heterocycles. The Morgan fingerprint density at radius 3 is 1.31 bits per heavy atom. The van der Waals surface area contributed by atoms with Crippen molar-refractivity contribution in [3.8, 4) is 46.8 Å². The number of nitrogens with zero attached hydrogens (tertiary/aromatic N) is 8. The summed E-state index contributed by atoms with van der Waals surface area (Å²) in [5, 5.41) is 43.3. The number of aromatic nitrogens is 2. The second kappa shape index (κ2) is 11.5. The molecule has 0 radical (unpaired) electrons. The Balaban J connectivity index is 1.62. The van der Waals surface area contributed by atoms with Gasteiger partial charge in [0.05, 0.1) is 93.1 Å². The number of nitriles is 4. The van der Waals surface area contributed by atoms with Gasteiger partial charge in [-0.1, -0.05) is 18.2 Å². The third-order valence-corrected chi connectivity index (χ3v) is 9.22. The summed E-state index contributed by atoms with van der Waals surface area (Å²) >= 11 is 0. The highest BCUT2D eigenvalue weighted by Crippen LogP contribution is 2.44. The minimum absolute atomic E-state index is 0.375. The summed E-state index contributed by atoms with van der Waals surface area (Å²) in [6, 6.07) is 40.2. The van der Waals surface area contributed by atoms with Gasteiger partial charge in [-0.15, -0.1) is 0 Å². The Hall–Kier alpha value is -8.14. The summed E-state index contributed by atoms with van der Waals surface area (Å²) in [7, 11) is 0. The van der Waals surface area contributed by atoms with Gasteiger partial charge in [-0.2, -0.15) is 21.0 Å². The van der Waals surface area contributed by atoms with E-state index >= 15 is 0 Å². The molecule has 0 unspecified atom stereocenters. The van der Waals surface area contributed by atoms with Crippen LogP contribution in [0.15, 0.2) is 103 Å². The van der Waals surface area contributed by atoms with Crippen molar-refractivity contribution in [3.63, 3.8) is 0 Å². The molecule has 0 fully saturated rings. The molecule has 232 valence electrons. The maximum absolute atomic E-state index is 10.5. The van der Waals surface area contributed by atoms with Crippen molar-refractivity contribution < 1.29 is 0 Å². The van der Waals surface area contributed by atoms with E-state index in [1.54, 1.807) is 36.4 Å². The van der Waals surface area contributed by atoms with Crippen LogP contribution in [0.2, 0.25) is 0 Å². The van der Waals surface area contributed by atoms with E-state index in [1.807, 2.05) is 78.2 Å². The Morgan fingerprint density at radius 1 is 0.471 bits per heavy atom. The first kappa shape index (κ1) is 30.2. The number of hydrogen-bond donors (Lipinski definition) is 0. The van der Waals surface area contributed by atoms with Crippen LogP contribution in [0.1, 0.15) is 27.8 Å². The molecule has 0 aliphatic carbocycles. The smallest absolute Gasteiger partial charge is 0.188 e. The minimum Gasteiger partial charge on any atom is -0.309 e. The Kier molecular flexibility index (Phi) is 6.83. The summed E-state index contributed by atoms with van der Waals surface area (Å²) in [5.41, 5.74) is 9.41. The number of benzene rings is 6. The molecule has 6 aromatic carbocycles. The quantitative estimate of drug-likeness (QED) is 0.177. The zero-order valence-electron chi connectivity index (χ0n) is 26.9. The van der Waals surface area contributed by atoms with E-state index in [4.69, 9.17) is 13.1 Å². The van der Waals surface area contributed by atoms with Crippen LogP contribution in [0, 0.1) is 65.4 Å². The molecule has 0 saturated carbocycles. The summed E-state index contributed by atoms with van der Waals surface area (Å²) in [5.74, 6) is 0. The Bertz CT molecular complexity index is 2800. The van der Waals surface area contributed by atoms with E-state index < -0.39 is 0 Å². The van der Waals surface area contributed by atoms with Gasteiger partial charge in [0.1, 0.15) is 0 Å².